The van der Waals surface area contributed by atoms with Crippen LogP contribution in [-0.2, 0) is 4.74 Å². The summed E-state index contributed by atoms with van der Waals surface area (Å²) in [7, 11) is 0. The Morgan fingerprint density at radius 2 is 2.12 bits per heavy atom. The maximum Gasteiger partial charge on any atom is 0.274 e. The van der Waals surface area contributed by atoms with Gasteiger partial charge in [-0.1, -0.05) is 12.7 Å². The molecule has 6 heteroatoms. The molecule has 1 saturated heterocycles. The minimum absolute atomic E-state index is 0.0620. The molecule has 0 atom stereocenters. The standard InChI is InChI=1S/C19H19N3O3/c1-3-12-8-16-15(9-14(12)11(2)23)21-19(24)17-10-20-18(22(16)17)13-4-6-25-7-5-13/h3,8-10,13H,1,4-7H2,2H3,(H,21,24). The van der Waals surface area contributed by atoms with E-state index in [9.17, 15) is 9.59 Å². The van der Waals surface area contributed by atoms with Gasteiger partial charge in [0.1, 0.15) is 11.3 Å². The second-order valence-corrected chi connectivity index (χ2v) is 6.39. The predicted molar refractivity (Wildman–Crippen MR) is 96.2 cm³/mol. The smallest absolute Gasteiger partial charge is 0.274 e. The van der Waals surface area contributed by atoms with Crippen molar-refractivity contribution in [3.8, 4) is 0 Å². The van der Waals surface area contributed by atoms with Gasteiger partial charge in [0.2, 0.25) is 0 Å². The molecule has 3 heterocycles. The lowest BCUT2D eigenvalue weighted by atomic mass is 9.99. The number of H-pyrrole nitrogens is 1. The zero-order valence-corrected chi connectivity index (χ0v) is 14.0. The molecule has 1 fully saturated rings. The summed E-state index contributed by atoms with van der Waals surface area (Å²) >= 11 is 0. The molecule has 2 aromatic heterocycles. The lowest BCUT2D eigenvalue weighted by Crippen LogP contribution is -2.18. The molecule has 0 radical (unpaired) electrons. The van der Waals surface area contributed by atoms with Crippen LogP contribution in [0, 0.1) is 0 Å². The summed E-state index contributed by atoms with van der Waals surface area (Å²) < 4.78 is 7.36. The first-order valence-electron chi connectivity index (χ1n) is 8.38. The zero-order valence-electron chi connectivity index (χ0n) is 14.0. The molecule has 1 aliphatic heterocycles. The predicted octanol–water partition coefficient (Wildman–Crippen LogP) is 2.92. The molecule has 0 unspecified atom stereocenters. The van der Waals surface area contributed by atoms with Gasteiger partial charge < -0.3 is 9.72 Å². The molecule has 0 aliphatic carbocycles. The topological polar surface area (TPSA) is 76.5 Å². The highest BCUT2D eigenvalue weighted by Gasteiger charge is 2.22. The summed E-state index contributed by atoms with van der Waals surface area (Å²) in [6, 6.07) is 3.62. The fourth-order valence-electron chi connectivity index (χ4n) is 3.57. The highest BCUT2D eigenvalue weighted by atomic mass is 16.5. The van der Waals surface area contributed by atoms with Crippen LogP contribution in [0.5, 0.6) is 0 Å². The maximum absolute atomic E-state index is 12.5. The van der Waals surface area contributed by atoms with Crippen LogP contribution in [0.1, 0.15) is 47.4 Å². The summed E-state index contributed by atoms with van der Waals surface area (Å²) in [6.07, 6.45) is 5.05. The Kier molecular flexibility index (Phi) is 3.77. The number of benzene rings is 1. The van der Waals surface area contributed by atoms with Gasteiger partial charge in [-0.2, -0.15) is 0 Å². The molecular formula is C19H19N3O3. The first-order valence-corrected chi connectivity index (χ1v) is 8.38. The third-order valence-electron chi connectivity index (χ3n) is 4.86. The molecule has 1 N–H and O–H groups in total. The molecule has 0 bridgehead atoms. The average Bonchev–Trinajstić information content (AvgIpc) is 3.07. The van der Waals surface area contributed by atoms with Crippen molar-refractivity contribution in [2.45, 2.75) is 25.7 Å². The van der Waals surface area contributed by atoms with E-state index in [1.54, 1.807) is 18.3 Å². The Hall–Kier alpha value is -2.73. The van der Waals surface area contributed by atoms with Crippen molar-refractivity contribution in [3.63, 3.8) is 0 Å². The van der Waals surface area contributed by atoms with E-state index in [1.165, 1.54) is 6.92 Å². The summed E-state index contributed by atoms with van der Waals surface area (Å²) in [5, 5.41) is 0. The molecule has 25 heavy (non-hydrogen) atoms. The Bertz CT molecular complexity index is 1060. The second-order valence-electron chi connectivity index (χ2n) is 6.39. The number of imidazole rings is 1. The van der Waals surface area contributed by atoms with Gasteiger partial charge in [-0.15, -0.1) is 0 Å². The van der Waals surface area contributed by atoms with Crippen LogP contribution >= 0.6 is 0 Å². The van der Waals surface area contributed by atoms with Gasteiger partial charge in [0.25, 0.3) is 5.56 Å². The second kappa shape index (κ2) is 5.97. The van der Waals surface area contributed by atoms with Gasteiger partial charge in [-0.25, -0.2) is 4.98 Å². The van der Waals surface area contributed by atoms with E-state index in [0.29, 0.717) is 29.8 Å². The Morgan fingerprint density at radius 3 is 2.80 bits per heavy atom. The van der Waals surface area contributed by atoms with Crippen molar-refractivity contribution < 1.29 is 9.53 Å². The molecular weight excluding hydrogens is 318 g/mol. The highest BCUT2D eigenvalue weighted by molar-refractivity contribution is 6.01. The lowest BCUT2D eigenvalue weighted by Gasteiger charge is -2.21. The number of nitrogens with one attached hydrogen (secondary N) is 1. The van der Waals surface area contributed by atoms with Crippen molar-refractivity contribution in [2.24, 2.45) is 0 Å². The molecule has 0 saturated carbocycles. The van der Waals surface area contributed by atoms with Gasteiger partial charge in [-0.05, 0) is 37.5 Å². The van der Waals surface area contributed by atoms with Crippen molar-refractivity contribution in [1.82, 2.24) is 14.4 Å². The molecule has 6 nitrogen and oxygen atoms in total. The van der Waals surface area contributed by atoms with E-state index in [1.807, 2.05) is 10.5 Å². The van der Waals surface area contributed by atoms with Crippen LogP contribution in [0.25, 0.3) is 22.6 Å². The lowest BCUT2D eigenvalue weighted by molar-refractivity contribution is 0.0835. The number of hydrogen-bond donors (Lipinski definition) is 1. The van der Waals surface area contributed by atoms with Crippen molar-refractivity contribution in [2.75, 3.05) is 13.2 Å². The van der Waals surface area contributed by atoms with E-state index in [2.05, 4.69) is 16.5 Å². The maximum atomic E-state index is 12.5. The summed E-state index contributed by atoms with van der Waals surface area (Å²) in [6.45, 7) is 6.73. The third kappa shape index (κ3) is 2.49. The summed E-state index contributed by atoms with van der Waals surface area (Å²) in [5.41, 5.74) is 3.05. The Balaban J connectivity index is 2.06. The van der Waals surface area contributed by atoms with Gasteiger partial charge >= 0.3 is 0 Å². The number of ether oxygens (including phenoxy) is 1. The number of Topliss-reactive ketones (excluding diaryl/α,β-unsaturated/α-hetero) is 1. The van der Waals surface area contributed by atoms with Crippen LogP contribution in [-0.4, -0.2) is 33.4 Å². The summed E-state index contributed by atoms with van der Waals surface area (Å²) in [5.74, 6) is 1.06. The minimum Gasteiger partial charge on any atom is -0.381 e. The van der Waals surface area contributed by atoms with Gasteiger partial charge in [-0.3, -0.25) is 14.0 Å². The number of rotatable bonds is 3. The fraction of sp³-hybridized carbons (Fsp3) is 0.316. The number of carbonyl (C=O) groups excluding carboxylic acids is 1. The van der Waals surface area contributed by atoms with Crippen LogP contribution in [0.3, 0.4) is 0 Å². The highest BCUT2D eigenvalue weighted by Crippen LogP contribution is 2.29. The van der Waals surface area contributed by atoms with E-state index in [-0.39, 0.29) is 17.3 Å². The number of carbonyl (C=O) groups is 1. The normalized spacial score (nSPS) is 15.7. The van der Waals surface area contributed by atoms with E-state index in [0.717, 1.165) is 29.7 Å². The quantitative estimate of drug-likeness (QED) is 0.746. The largest absolute Gasteiger partial charge is 0.381 e. The molecule has 1 aromatic carbocycles. The minimum atomic E-state index is -0.209. The number of nitrogens with zero attached hydrogens (tertiary/aromatic N) is 2. The number of fused-ring (bicyclic) bond motifs is 3. The number of ketones is 1. The first-order chi connectivity index (χ1) is 12.1. The van der Waals surface area contributed by atoms with Gasteiger partial charge in [0.05, 0.1) is 17.2 Å². The number of aromatic amines is 1. The number of hydrogen-bond acceptors (Lipinski definition) is 4. The monoisotopic (exact) mass is 337 g/mol. The first kappa shape index (κ1) is 15.8. The van der Waals surface area contributed by atoms with Gasteiger partial charge in [0, 0.05) is 24.7 Å². The van der Waals surface area contributed by atoms with E-state index >= 15 is 0 Å². The van der Waals surface area contributed by atoms with Crippen LogP contribution in [0.2, 0.25) is 0 Å². The van der Waals surface area contributed by atoms with Crippen molar-refractivity contribution in [3.05, 3.63) is 52.2 Å². The third-order valence-corrected chi connectivity index (χ3v) is 4.86. The van der Waals surface area contributed by atoms with Gasteiger partial charge in [0.15, 0.2) is 5.78 Å². The summed E-state index contributed by atoms with van der Waals surface area (Å²) in [4.78, 5) is 31.8. The zero-order chi connectivity index (χ0) is 17.6. The Morgan fingerprint density at radius 1 is 1.36 bits per heavy atom. The van der Waals surface area contributed by atoms with Crippen LogP contribution in [0.4, 0.5) is 0 Å². The average molecular weight is 337 g/mol. The molecule has 1 aliphatic rings. The molecule has 4 rings (SSSR count). The van der Waals surface area contributed by atoms with E-state index < -0.39 is 0 Å². The molecule has 0 spiro atoms. The fourth-order valence-corrected chi connectivity index (χ4v) is 3.57. The van der Waals surface area contributed by atoms with Crippen molar-refractivity contribution in [1.29, 1.82) is 0 Å². The Labute approximate surface area is 144 Å². The van der Waals surface area contributed by atoms with Crippen molar-refractivity contribution >= 4 is 28.4 Å². The van der Waals surface area contributed by atoms with Crippen LogP contribution < -0.4 is 5.56 Å². The molecule has 128 valence electrons. The SMILES string of the molecule is C=Cc1cc2c(cc1C(C)=O)[nH]c(=O)c1cnc(C3CCOCC3)n12. The molecule has 0 amide bonds. The molecule has 3 aromatic rings. The van der Waals surface area contributed by atoms with Crippen LogP contribution in [0.15, 0.2) is 29.7 Å². The number of aromatic nitrogens is 3. The van der Waals surface area contributed by atoms with E-state index in [4.69, 9.17) is 4.74 Å².